The molecule has 0 spiro atoms. The first-order chi connectivity index (χ1) is 13.4. The Balaban J connectivity index is 1.41. The van der Waals surface area contributed by atoms with Crippen molar-refractivity contribution in [1.29, 1.82) is 0 Å². The zero-order valence-electron chi connectivity index (χ0n) is 13.9. The summed E-state index contributed by atoms with van der Waals surface area (Å²) in [4.78, 5) is 19.2. The highest BCUT2D eigenvalue weighted by Gasteiger charge is 2.15. The average molecular weight is 376 g/mol. The van der Waals surface area contributed by atoms with Crippen molar-refractivity contribution in [3.63, 3.8) is 0 Å². The third-order valence-electron chi connectivity index (χ3n) is 3.85. The lowest BCUT2D eigenvalue weighted by Gasteiger charge is -2.02. The van der Waals surface area contributed by atoms with E-state index in [0.29, 0.717) is 24.1 Å². The van der Waals surface area contributed by atoms with Gasteiger partial charge in [0.05, 0.1) is 15.4 Å². The van der Waals surface area contributed by atoms with Crippen LogP contribution in [0.25, 0.3) is 32.9 Å². The topological polar surface area (TPSA) is 111 Å². The lowest BCUT2D eigenvalue weighted by molar-refractivity contribution is 0.371. The summed E-state index contributed by atoms with van der Waals surface area (Å²) in [6, 6.07) is 7.76. The number of hydrogen-bond donors (Lipinski definition) is 1. The molecule has 5 aromatic heterocycles. The van der Waals surface area contributed by atoms with Gasteiger partial charge in [-0.2, -0.15) is 10.1 Å². The summed E-state index contributed by atoms with van der Waals surface area (Å²) in [6.45, 7) is 0.409. The summed E-state index contributed by atoms with van der Waals surface area (Å²) >= 11 is 1.63. The van der Waals surface area contributed by atoms with Gasteiger partial charge in [-0.15, -0.1) is 11.3 Å². The molecule has 5 aromatic rings. The van der Waals surface area contributed by atoms with Crippen molar-refractivity contribution in [3.05, 3.63) is 61.1 Å². The monoisotopic (exact) mass is 376 g/mol. The van der Waals surface area contributed by atoms with Crippen molar-refractivity contribution in [1.82, 2.24) is 39.9 Å². The van der Waals surface area contributed by atoms with E-state index in [-0.39, 0.29) is 0 Å². The molecule has 0 unspecified atom stereocenters. The average Bonchev–Trinajstić information content (AvgIpc) is 3.48. The normalized spacial score (nSPS) is 11.1. The Hall–Kier alpha value is -3.66. The number of H-pyrrole nitrogens is 1. The van der Waals surface area contributed by atoms with E-state index >= 15 is 0 Å². The quantitative estimate of drug-likeness (QED) is 0.502. The SMILES string of the molecule is c1cnc(-c2noc(Cn3ccnc3-c3ccc(-c4ccn[nH]4)s3)n2)nc1. The van der Waals surface area contributed by atoms with Crippen LogP contribution in [0.15, 0.2) is 59.8 Å². The molecule has 0 aliphatic carbocycles. The number of aromatic nitrogens is 8. The van der Waals surface area contributed by atoms with Crippen LogP contribution in [0.2, 0.25) is 0 Å². The van der Waals surface area contributed by atoms with Crippen LogP contribution < -0.4 is 0 Å². The maximum Gasteiger partial charge on any atom is 0.247 e. The molecular formula is C17H12N8OS. The van der Waals surface area contributed by atoms with E-state index in [4.69, 9.17) is 4.52 Å². The molecule has 9 nitrogen and oxygen atoms in total. The Morgan fingerprint density at radius 1 is 0.963 bits per heavy atom. The highest BCUT2D eigenvalue weighted by molar-refractivity contribution is 7.18. The Kier molecular flexibility index (Phi) is 3.79. The Bertz CT molecular complexity index is 1160. The van der Waals surface area contributed by atoms with Crippen LogP contribution in [0.5, 0.6) is 0 Å². The van der Waals surface area contributed by atoms with Gasteiger partial charge >= 0.3 is 0 Å². The maximum absolute atomic E-state index is 5.35. The van der Waals surface area contributed by atoms with E-state index in [0.717, 1.165) is 21.3 Å². The van der Waals surface area contributed by atoms with Crippen molar-refractivity contribution in [2.75, 3.05) is 0 Å². The number of nitrogens with zero attached hydrogens (tertiary/aromatic N) is 7. The van der Waals surface area contributed by atoms with E-state index in [9.17, 15) is 0 Å². The van der Waals surface area contributed by atoms with Crippen LogP contribution >= 0.6 is 11.3 Å². The van der Waals surface area contributed by atoms with Crippen LogP contribution in [-0.4, -0.2) is 39.9 Å². The first kappa shape index (κ1) is 15.6. The summed E-state index contributed by atoms with van der Waals surface area (Å²) in [5.41, 5.74) is 0.980. The van der Waals surface area contributed by atoms with Crippen molar-refractivity contribution in [2.45, 2.75) is 6.54 Å². The predicted molar refractivity (Wildman–Crippen MR) is 97.5 cm³/mol. The molecule has 0 aromatic carbocycles. The minimum atomic E-state index is 0.366. The van der Waals surface area contributed by atoms with Gasteiger partial charge in [0.15, 0.2) is 0 Å². The number of imidazole rings is 1. The first-order valence-corrected chi connectivity index (χ1v) is 8.89. The van der Waals surface area contributed by atoms with Gasteiger partial charge in [-0.05, 0) is 24.3 Å². The molecule has 0 amide bonds. The van der Waals surface area contributed by atoms with Gasteiger partial charge in [0.25, 0.3) is 0 Å². The van der Waals surface area contributed by atoms with Crippen molar-refractivity contribution in [2.24, 2.45) is 0 Å². The number of aromatic amines is 1. The van der Waals surface area contributed by atoms with Crippen molar-refractivity contribution in [3.8, 4) is 32.9 Å². The molecule has 0 radical (unpaired) electrons. The fourth-order valence-corrected chi connectivity index (χ4v) is 3.62. The number of nitrogens with one attached hydrogen (secondary N) is 1. The Morgan fingerprint density at radius 2 is 1.85 bits per heavy atom. The summed E-state index contributed by atoms with van der Waals surface area (Å²) in [6.07, 6.45) is 8.65. The second-order valence-electron chi connectivity index (χ2n) is 5.60. The van der Waals surface area contributed by atoms with Gasteiger partial charge in [-0.25, -0.2) is 15.0 Å². The zero-order chi connectivity index (χ0) is 18.1. The molecule has 10 heteroatoms. The van der Waals surface area contributed by atoms with E-state index in [1.165, 1.54) is 0 Å². The van der Waals surface area contributed by atoms with E-state index < -0.39 is 0 Å². The molecule has 0 aliphatic heterocycles. The van der Waals surface area contributed by atoms with E-state index in [2.05, 4.69) is 35.3 Å². The second kappa shape index (κ2) is 6.57. The molecule has 0 bridgehead atoms. The summed E-state index contributed by atoms with van der Waals surface area (Å²) in [5, 5.41) is 10.9. The minimum absolute atomic E-state index is 0.366. The third kappa shape index (κ3) is 3.02. The van der Waals surface area contributed by atoms with Gasteiger partial charge in [0.1, 0.15) is 12.4 Å². The van der Waals surface area contributed by atoms with Crippen molar-refractivity contribution >= 4 is 11.3 Å². The maximum atomic E-state index is 5.35. The highest BCUT2D eigenvalue weighted by Crippen LogP contribution is 2.32. The molecule has 0 saturated carbocycles. The van der Waals surface area contributed by atoms with Gasteiger partial charge in [-0.3, -0.25) is 5.10 Å². The van der Waals surface area contributed by atoms with Gasteiger partial charge < -0.3 is 9.09 Å². The molecule has 0 saturated heterocycles. The molecule has 0 aliphatic rings. The Labute approximate surface area is 156 Å². The van der Waals surface area contributed by atoms with Gasteiger partial charge in [-0.1, -0.05) is 5.16 Å². The Morgan fingerprint density at radius 3 is 2.70 bits per heavy atom. The smallest absolute Gasteiger partial charge is 0.247 e. The minimum Gasteiger partial charge on any atom is -0.337 e. The van der Waals surface area contributed by atoms with Gasteiger partial charge in [0.2, 0.25) is 17.5 Å². The van der Waals surface area contributed by atoms with Crippen LogP contribution in [0, 0.1) is 0 Å². The standard InChI is InChI=1S/C17H12N8OS/c1-5-18-15(19-6-1)16-22-14(26-24-16)10-25-9-8-20-17(25)13-3-2-12(27-13)11-4-7-21-23-11/h1-9H,10H2,(H,21,23). The first-order valence-electron chi connectivity index (χ1n) is 8.08. The molecule has 132 valence electrons. The summed E-state index contributed by atoms with van der Waals surface area (Å²) < 4.78 is 7.31. The molecule has 27 heavy (non-hydrogen) atoms. The lowest BCUT2D eigenvalue weighted by Crippen LogP contribution is -2.00. The highest BCUT2D eigenvalue weighted by atomic mass is 32.1. The molecule has 5 heterocycles. The summed E-state index contributed by atoms with van der Waals surface area (Å²) in [7, 11) is 0. The van der Waals surface area contributed by atoms with Crippen LogP contribution in [-0.2, 0) is 6.54 Å². The molecular weight excluding hydrogens is 364 g/mol. The third-order valence-corrected chi connectivity index (χ3v) is 4.96. The second-order valence-corrected chi connectivity index (χ2v) is 6.68. The fourth-order valence-electron chi connectivity index (χ4n) is 2.63. The van der Waals surface area contributed by atoms with E-state index in [1.54, 1.807) is 42.2 Å². The number of rotatable bonds is 5. The molecule has 0 fully saturated rings. The van der Waals surface area contributed by atoms with Crippen LogP contribution in [0.4, 0.5) is 0 Å². The predicted octanol–water partition coefficient (Wildman–Crippen LogP) is 2.89. The van der Waals surface area contributed by atoms with Crippen molar-refractivity contribution < 1.29 is 4.52 Å². The summed E-state index contributed by atoms with van der Waals surface area (Å²) in [5.74, 6) is 2.09. The molecule has 0 atom stereocenters. The van der Waals surface area contributed by atoms with E-state index in [1.807, 2.05) is 29.0 Å². The van der Waals surface area contributed by atoms with Gasteiger partial charge in [0, 0.05) is 31.0 Å². The number of hydrogen-bond acceptors (Lipinski definition) is 8. The largest absolute Gasteiger partial charge is 0.337 e. The lowest BCUT2D eigenvalue weighted by atomic mass is 10.3. The number of thiophene rings is 1. The molecule has 1 N–H and O–H groups in total. The van der Waals surface area contributed by atoms with Crippen LogP contribution in [0.3, 0.4) is 0 Å². The van der Waals surface area contributed by atoms with Crippen LogP contribution in [0.1, 0.15) is 5.89 Å². The molecule has 5 rings (SSSR count). The zero-order valence-corrected chi connectivity index (χ0v) is 14.7. The fraction of sp³-hybridized carbons (Fsp3) is 0.0588.